The number of amides is 1. The van der Waals surface area contributed by atoms with Crippen LogP contribution in [0.2, 0.25) is 5.02 Å². The van der Waals surface area contributed by atoms with Gasteiger partial charge in [-0.05, 0) is 31.0 Å². The van der Waals surface area contributed by atoms with Crippen LogP contribution < -0.4 is 11.1 Å². The molecule has 1 amide bonds. The lowest BCUT2D eigenvalue weighted by Crippen LogP contribution is -2.32. The summed E-state index contributed by atoms with van der Waals surface area (Å²) in [5.74, 6) is 0.754. The van der Waals surface area contributed by atoms with E-state index < -0.39 is 5.41 Å². The molecule has 0 radical (unpaired) electrons. The predicted molar refractivity (Wildman–Crippen MR) is 114 cm³/mol. The quantitative estimate of drug-likeness (QED) is 0.527. The van der Waals surface area contributed by atoms with Crippen LogP contribution in [0.5, 0.6) is 0 Å². The summed E-state index contributed by atoms with van der Waals surface area (Å²) in [6.45, 7) is 3.82. The summed E-state index contributed by atoms with van der Waals surface area (Å²) in [4.78, 5) is 31.1. The van der Waals surface area contributed by atoms with Crippen LogP contribution in [-0.2, 0) is 16.6 Å². The Hall–Kier alpha value is -3.52. The standard InChI is InChI=1S/C21H18ClN7O/c1-3-13-19-24-8-9-29(19)10-14(25-13)17-26-16(23)15-18(27-17)28-20(30)21(15,2)11-4-6-12(22)7-5-11/h4-10H,3H2,1-2H3,(H3,23,26,27,28,30). The van der Waals surface area contributed by atoms with Gasteiger partial charge in [0, 0.05) is 23.6 Å². The van der Waals surface area contributed by atoms with E-state index in [1.165, 1.54) is 0 Å². The first kappa shape index (κ1) is 18.5. The Morgan fingerprint density at radius 3 is 2.70 bits per heavy atom. The Morgan fingerprint density at radius 1 is 1.20 bits per heavy atom. The number of nitrogens with two attached hydrogens (primary N) is 1. The first-order valence-electron chi connectivity index (χ1n) is 9.50. The predicted octanol–water partition coefficient (Wildman–Crippen LogP) is 3.24. The molecule has 3 aromatic heterocycles. The van der Waals surface area contributed by atoms with Crippen molar-refractivity contribution in [3.8, 4) is 11.5 Å². The number of aryl methyl sites for hydroxylation is 1. The molecule has 4 heterocycles. The van der Waals surface area contributed by atoms with Crippen molar-refractivity contribution in [2.24, 2.45) is 0 Å². The summed E-state index contributed by atoms with van der Waals surface area (Å²) in [7, 11) is 0. The first-order chi connectivity index (χ1) is 14.4. The van der Waals surface area contributed by atoms with Crippen LogP contribution in [0.15, 0.2) is 42.9 Å². The van der Waals surface area contributed by atoms with Gasteiger partial charge in [0.15, 0.2) is 11.5 Å². The first-order valence-corrected chi connectivity index (χ1v) is 9.88. The third-order valence-corrected chi connectivity index (χ3v) is 5.80. The lowest BCUT2D eigenvalue weighted by Gasteiger charge is -2.23. The summed E-state index contributed by atoms with van der Waals surface area (Å²) in [5, 5.41) is 3.45. The average Bonchev–Trinajstić information content (AvgIpc) is 3.30. The monoisotopic (exact) mass is 419 g/mol. The van der Waals surface area contributed by atoms with Crippen molar-refractivity contribution in [3.05, 3.63) is 64.7 Å². The second-order valence-electron chi connectivity index (χ2n) is 7.33. The van der Waals surface area contributed by atoms with E-state index in [-0.39, 0.29) is 11.7 Å². The highest BCUT2D eigenvalue weighted by molar-refractivity contribution is 6.30. The molecule has 1 aromatic carbocycles. The number of halogens is 1. The topological polar surface area (TPSA) is 111 Å². The number of fused-ring (bicyclic) bond motifs is 2. The van der Waals surface area contributed by atoms with Crippen LogP contribution in [-0.4, -0.2) is 30.2 Å². The minimum atomic E-state index is -1.02. The van der Waals surface area contributed by atoms with Crippen LogP contribution >= 0.6 is 11.6 Å². The molecule has 3 N–H and O–H groups in total. The van der Waals surface area contributed by atoms with Crippen LogP contribution in [0.4, 0.5) is 11.6 Å². The van der Waals surface area contributed by atoms with Gasteiger partial charge < -0.3 is 15.5 Å². The van der Waals surface area contributed by atoms with E-state index in [4.69, 9.17) is 17.3 Å². The molecule has 0 saturated carbocycles. The largest absolute Gasteiger partial charge is 0.383 e. The number of carbonyl (C=O) groups is 1. The molecule has 30 heavy (non-hydrogen) atoms. The minimum Gasteiger partial charge on any atom is -0.383 e. The Kier molecular flexibility index (Phi) is 4.01. The normalized spacial score (nSPS) is 17.9. The number of hydrogen-bond acceptors (Lipinski definition) is 6. The lowest BCUT2D eigenvalue weighted by molar-refractivity contribution is -0.119. The number of nitrogens with zero attached hydrogens (tertiary/aromatic N) is 5. The van der Waals surface area contributed by atoms with Crippen molar-refractivity contribution >= 4 is 34.8 Å². The smallest absolute Gasteiger partial charge is 0.240 e. The highest BCUT2D eigenvalue weighted by Crippen LogP contribution is 2.45. The maximum atomic E-state index is 13.0. The van der Waals surface area contributed by atoms with Gasteiger partial charge in [0.05, 0.1) is 11.3 Å². The maximum absolute atomic E-state index is 13.0. The molecule has 1 unspecified atom stereocenters. The molecule has 1 aliphatic heterocycles. The number of aromatic nitrogens is 5. The van der Waals surface area contributed by atoms with E-state index in [1.54, 1.807) is 24.5 Å². The summed E-state index contributed by atoms with van der Waals surface area (Å²) < 4.78 is 1.88. The van der Waals surface area contributed by atoms with E-state index in [0.29, 0.717) is 34.3 Å². The van der Waals surface area contributed by atoms with Crippen LogP contribution in [0, 0.1) is 0 Å². The van der Waals surface area contributed by atoms with E-state index >= 15 is 0 Å². The number of carbonyl (C=O) groups excluding carboxylic acids is 1. The fourth-order valence-corrected chi connectivity index (χ4v) is 4.05. The molecular weight excluding hydrogens is 402 g/mol. The summed E-state index contributed by atoms with van der Waals surface area (Å²) in [5.41, 5.74) is 8.84. The van der Waals surface area contributed by atoms with Crippen molar-refractivity contribution in [3.63, 3.8) is 0 Å². The van der Waals surface area contributed by atoms with Crippen LogP contribution in [0.25, 0.3) is 17.2 Å². The second-order valence-corrected chi connectivity index (χ2v) is 7.76. The molecule has 5 rings (SSSR count). The molecule has 0 aliphatic carbocycles. The van der Waals surface area contributed by atoms with Crippen molar-refractivity contribution < 1.29 is 4.79 Å². The molecule has 0 fully saturated rings. The van der Waals surface area contributed by atoms with E-state index in [9.17, 15) is 4.79 Å². The molecule has 8 nitrogen and oxygen atoms in total. The SMILES string of the molecule is CCc1nc(-c2nc(N)c3c(n2)NC(=O)C3(C)c2ccc(Cl)cc2)cn2ccnc12. The zero-order chi connectivity index (χ0) is 21.0. The molecule has 150 valence electrons. The summed E-state index contributed by atoms with van der Waals surface area (Å²) >= 11 is 6.01. The number of benzene rings is 1. The van der Waals surface area contributed by atoms with E-state index in [1.807, 2.05) is 36.6 Å². The molecule has 1 aliphatic rings. The Bertz CT molecular complexity index is 1320. The number of imidazole rings is 1. The van der Waals surface area contributed by atoms with Gasteiger partial charge in [0.25, 0.3) is 0 Å². The van der Waals surface area contributed by atoms with Crippen molar-refractivity contribution in [2.45, 2.75) is 25.7 Å². The zero-order valence-electron chi connectivity index (χ0n) is 16.3. The molecule has 9 heteroatoms. The zero-order valence-corrected chi connectivity index (χ0v) is 17.1. The third kappa shape index (κ3) is 2.57. The van der Waals surface area contributed by atoms with E-state index in [2.05, 4.69) is 25.3 Å². The number of hydrogen-bond donors (Lipinski definition) is 2. The highest BCUT2D eigenvalue weighted by atomic mass is 35.5. The molecule has 0 spiro atoms. The maximum Gasteiger partial charge on any atom is 0.240 e. The van der Waals surface area contributed by atoms with Gasteiger partial charge in [-0.1, -0.05) is 30.7 Å². The van der Waals surface area contributed by atoms with Gasteiger partial charge in [0.2, 0.25) is 5.91 Å². The van der Waals surface area contributed by atoms with Gasteiger partial charge in [-0.25, -0.2) is 19.9 Å². The number of nitrogen functional groups attached to an aromatic ring is 1. The van der Waals surface area contributed by atoms with Crippen molar-refractivity contribution in [2.75, 3.05) is 11.1 Å². The lowest BCUT2D eigenvalue weighted by atomic mass is 9.78. The fourth-order valence-electron chi connectivity index (χ4n) is 3.92. The number of anilines is 2. The van der Waals surface area contributed by atoms with Crippen molar-refractivity contribution in [1.82, 2.24) is 24.3 Å². The third-order valence-electron chi connectivity index (χ3n) is 5.55. The number of nitrogens with one attached hydrogen (secondary N) is 1. The molecular formula is C21H18ClN7O. The van der Waals surface area contributed by atoms with E-state index in [0.717, 1.165) is 16.9 Å². The molecule has 0 saturated heterocycles. The molecule has 4 aromatic rings. The Labute approximate surface area is 177 Å². The minimum absolute atomic E-state index is 0.217. The number of rotatable bonds is 3. The van der Waals surface area contributed by atoms with Crippen LogP contribution in [0.3, 0.4) is 0 Å². The molecule has 0 bridgehead atoms. The average molecular weight is 420 g/mol. The Morgan fingerprint density at radius 2 is 1.97 bits per heavy atom. The molecule has 1 atom stereocenters. The van der Waals surface area contributed by atoms with Gasteiger partial charge >= 0.3 is 0 Å². The van der Waals surface area contributed by atoms with Gasteiger partial charge in [-0.2, -0.15) is 0 Å². The van der Waals surface area contributed by atoms with Gasteiger partial charge in [-0.3, -0.25) is 4.79 Å². The van der Waals surface area contributed by atoms with Crippen molar-refractivity contribution in [1.29, 1.82) is 0 Å². The fraction of sp³-hybridized carbons (Fsp3) is 0.190. The Balaban J connectivity index is 1.67. The van der Waals surface area contributed by atoms with Crippen LogP contribution in [0.1, 0.15) is 30.7 Å². The van der Waals surface area contributed by atoms with Gasteiger partial charge in [0.1, 0.15) is 22.7 Å². The second kappa shape index (κ2) is 6.50. The van der Waals surface area contributed by atoms with Gasteiger partial charge in [-0.15, -0.1) is 0 Å². The highest BCUT2D eigenvalue weighted by Gasteiger charge is 2.47. The summed E-state index contributed by atoms with van der Waals surface area (Å²) in [6, 6.07) is 7.11. The summed E-state index contributed by atoms with van der Waals surface area (Å²) in [6.07, 6.45) is 6.07.